The monoisotopic (exact) mass is 540 g/mol. The van der Waals surface area contributed by atoms with E-state index in [4.69, 9.17) is 18.9 Å². The first-order chi connectivity index (χ1) is 18.3. The van der Waals surface area contributed by atoms with E-state index in [-0.39, 0.29) is 27.6 Å². The minimum absolute atomic E-state index is 0.129. The highest BCUT2D eigenvalue weighted by molar-refractivity contribution is 7.19. The Labute approximate surface area is 226 Å². The van der Waals surface area contributed by atoms with E-state index in [0.717, 1.165) is 11.3 Å². The number of thiophene rings is 1. The number of nitrogens with one attached hydrogen (secondary N) is 2. The lowest BCUT2D eigenvalue weighted by Crippen LogP contribution is -2.16. The molecule has 3 aromatic rings. The lowest BCUT2D eigenvalue weighted by Gasteiger charge is -2.17. The summed E-state index contributed by atoms with van der Waals surface area (Å²) in [5.74, 6) is -0.415. The number of hydrogen-bond acceptors (Lipinski definition) is 8. The molecule has 3 rings (SSSR count). The Morgan fingerprint density at radius 1 is 0.789 bits per heavy atom. The van der Waals surface area contributed by atoms with Gasteiger partial charge in [0.05, 0.1) is 36.9 Å². The highest BCUT2D eigenvalue weighted by Crippen LogP contribution is 2.40. The summed E-state index contributed by atoms with van der Waals surface area (Å²) in [5, 5.41) is 5.80. The maximum atomic E-state index is 13.4. The third-order valence-corrected chi connectivity index (χ3v) is 6.47. The Hall–Kier alpha value is -4.05. The van der Waals surface area contributed by atoms with Crippen molar-refractivity contribution in [3.8, 4) is 17.2 Å². The molecule has 9 nitrogen and oxygen atoms in total. The molecule has 2 amide bonds. The van der Waals surface area contributed by atoms with Crippen molar-refractivity contribution in [1.82, 2.24) is 0 Å². The molecule has 38 heavy (non-hydrogen) atoms. The van der Waals surface area contributed by atoms with Crippen LogP contribution in [0.4, 0.5) is 10.7 Å². The number of amides is 2. The van der Waals surface area contributed by atoms with Crippen LogP contribution in [-0.2, 0) is 4.74 Å². The minimum atomic E-state index is -0.632. The zero-order valence-corrected chi connectivity index (χ0v) is 23.0. The van der Waals surface area contributed by atoms with Gasteiger partial charge in [-0.3, -0.25) is 9.59 Å². The molecule has 0 aliphatic rings. The first-order valence-electron chi connectivity index (χ1n) is 12.4. The van der Waals surface area contributed by atoms with Crippen LogP contribution in [0.15, 0.2) is 42.5 Å². The second-order valence-electron chi connectivity index (χ2n) is 7.86. The maximum absolute atomic E-state index is 13.4. The van der Waals surface area contributed by atoms with E-state index in [2.05, 4.69) is 10.6 Å². The van der Waals surface area contributed by atoms with Crippen molar-refractivity contribution in [3.05, 3.63) is 64.0 Å². The van der Waals surface area contributed by atoms with Crippen LogP contribution in [0.25, 0.3) is 0 Å². The fourth-order valence-corrected chi connectivity index (χ4v) is 4.76. The molecule has 10 heteroatoms. The van der Waals surface area contributed by atoms with Gasteiger partial charge in [-0.15, -0.1) is 11.3 Å². The van der Waals surface area contributed by atoms with E-state index in [1.165, 1.54) is 0 Å². The fourth-order valence-electron chi connectivity index (χ4n) is 3.67. The van der Waals surface area contributed by atoms with Crippen molar-refractivity contribution in [2.45, 2.75) is 34.6 Å². The number of hydrogen-bond donors (Lipinski definition) is 2. The van der Waals surface area contributed by atoms with Crippen molar-refractivity contribution in [2.75, 3.05) is 37.1 Å². The minimum Gasteiger partial charge on any atom is -0.490 e. The third kappa shape index (κ3) is 6.63. The zero-order chi connectivity index (χ0) is 27.7. The summed E-state index contributed by atoms with van der Waals surface area (Å²) in [5.41, 5.74) is 1.38. The quantitative estimate of drug-likeness (QED) is 0.274. The van der Waals surface area contributed by atoms with Gasteiger partial charge in [-0.2, -0.15) is 0 Å². The zero-order valence-electron chi connectivity index (χ0n) is 22.1. The molecule has 2 aromatic carbocycles. The number of carbonyl (C=O) groups is 3. The fraction of sp³-hybridized carbons (Fsp3) is 0.321. The molecule has 0 atom stereocenters. The summed E-state index contributed by atoms with van der Waals surface area (Å²) < 4.78 is 22.4. The van der Waals surface area contributed by atoms with Gasteiger partial charge in [-0.05, 0) is 64.4 Å². The third-order valence-electron chi connectivity index (χ3n) is 5.26. The predicted molar refractivity (Wildman–Crippen MR) is 147 cm³/mol. The topological polar surface area (TPSA) is 112 Å². The second kappa shape index (κ2) is 13.5. The molecule has 0 aliphatic carbocycles. The Morgan fingerprint density at radius 2 is 1.39 bits per heavy atom. The standard InChI is InChI=1S/C28H32N2O7S/c1-6-34-20-15-18(16-21(35-7-2)23(20)36-8-3)25(31)30-27-22(28(33)37-9-4)17(5)24(38-27)26(32)29-19-13-11-10-12-14-19/h10-16H,6-9H2,1-5H3,(H,29,32)(H,30,31). The molecule has 1 aromatic heterocycles. The predicted octanol–water partition coefficient (Wildman–Crippen LogP) is 5.93. The Bertz CT molecular complexity index is 1260. The molecule has 202 valence electrons. The highest BCUT2D eigenvalue weighted by Gasteiger charge is 2.28. The summed E-state index contributed by atoms with van der Waals surface area (Å²) >= 11 is 0.999. The molecule has 0 saturated heterocycles. The molecule has 0 unspecified atom stereocenters. The first kappa shape index (κ1) is 28.5. The van der Waals surface area contributed by atoms with E-state index in [0.29, 0.717) is 48.3 Å². The molecular weight excluding hydrogens is 508 g/mol. The van der Waals surface area contributed by atoms with Crippen LogP contribution < -0.4 is 24.8 Å². The van der Waals surface area contributed by atoms with E-state index >= 15 is 0 Å². The van der Waals surface area contributed by atoms with Gasteiger partial charge in [0.1, 0.15) is 5.00 Å². The van der Waals surface area contributed by atoms with Crippen LogP contribution in [0.2, 0.25) is 0 Å². The van der Waals surface area contributed by atoms with Crippen LogP contribution in [0, 0.1) is 6.92 Å². The summed E-state index contributed by atoms with van der Waals surface area (Å²) in [4.78, 5) is 39.6. The van der Waals surface area contributed by atoms with Crippen LogP contribution in [0.5, 0.6) is 17.2 Å². The number of para-hydroxylation sites is 1. The largest absolute Gasteiger partial charge is 0.490 e. The summed E-state index contributed by atoms with van der Waals surface area (Å²) in [7, 11) is 0. The van der Waals surface area contributed by atoms with Gasteiger partial charge in [0, 0.05) is 11.3 Å². The van der Waals surface area contributed by atoms with Gasteiger partial charge in [-0.1, -0.05) is 18.2 Å². The lowest BCUT2D eigenvalue weighted by molar-refractivity contribution is 0.0527. The SMILES string of the molecule is CCOC(=O)c1c(NC(=O)c2cc(OCC)c(OCC)c(OCC)c2)sc(C(=O)Nc2ccccc2)c1C. The van der Waals surface area contributed by atoms with E-state index in [1.807, 2.05) is 26.8 Å². The molecule has 0 saturated carbocycles. The van der Waals surface area contributed by atoms with Crippen molar-refractivity contribution in [1.29, 1.82) is 0 Å². The number of rotatable bonds is 12. The number of ether oxygens (including phenoxy) is 4. The molecule has 0 bridgehead atoms. The smallest absolute Gasteiger partial charge is 0.341 e. The van der Waals surface area contributed by atoms with Crippen molar-refractivity contribution in [3.63, 3.8) is 0 Å². The average molecular weight is 541 g/mol. The average Bonchev–Trinajstić information content (AvgIpc) is 3.22. The number of benzene rings is 2. The molecule has 0 radical (unpaired) electrons. The van der Waals surface area contributed by atoms with Gasteiger partial charge >= 0.3 is 5.97 Å². The van der Waals surface area contributed by atoms with Crippen LogP contribution >= 0.6 is 11.3 Å². The van der Waals surface area contributed by atoms with E-state index < -0.39 is 17.8 Å². The molecule has 1 heterocycles. The molecule has 0 spiro atoms. The highest BCUT2D eigenvalue weighted by atomic mass is 32.1. The van der Waals surface area contributed by atoms with Crippen LogP contribution in [-0.4, -0.2) is 44.2 Å². The first-order valence-corrected chi connectivity index (χ1v) is 13.2. The van der Waals surface area contributed by atoms with Crippen molar-refractivity contribution in [2.24, 2.45) is 0 Å². The molecular formula is C28H32N2O7S. The maximum Gasteiger partial charge on any atom is 0.341 e. The van der Waals surface area contributed by atoms with E-state index in [9.17, 15) is 14.4 Å². The van der Waals surface area contributed by atoms with Crippen LogP contribution in [0.3, 0.4) is 0 Å². The second-order valence-corrected chi connectivity index (χ2v) is 8.88. The summed E-state index contributed by atoms with van der Waals surface area (Å²) in [6.07, 6.45) is 0. The Morgan fingerprint density at radius 3 is 1.95 bits per heavy atom. The number of esters is 1. The summed E-state index contributed by atoms with van der Waals surface area (Å²) in [6.45, 7) is 10.1. The molecule has 0 fully saturated rings. The van der Waals surface area contributed by atoms with Crippen molar-refractivity contribution >= 4 is 39.8 Å². The van der Waals surface area contributed by atoms with Gasteiger partial charge in [0.25, 0.3) is 11.8 Å². The summed E-state index contributed by atoms with van der Waals surface area (Å²) in [6, 6.07) is 12.1. The number of anilines is 2. The van der Waals surface area contributed by atoms with Crippen molar-refractivity contribution < 1.29 is 33.3 Å². The molecule has 2 N–H and O–H groups in total. The van der Waals surface area contributed by atoms with Gasteiger partial charge in [0.15, 0.2) is 11.5 Å². The van der Waals surface area contributed by atoms with Crippen LogP contribution in [0.1, 0.15) is 63.6 Å². The van der Waals surface area contributed by atoms with E-state index in [1.54, 1.807) is 50.2 Å². The Balaban J connectivity index is 2.00. The van der Waals surface area contributed by atoms with Gasteiger partial charge in [-0.25, -0.2) is 4.79 Å². The Kier molecular flexibility index (Phi) is 10.1. The molecule has 0 aliphatic heterocycles. The normalized spacial score (nSPS) is 10.4. The number of carbonyl (C=O) groups excluding carboxylic acids is 3. The van der Waals surface area contributed by atoms with Gasteiger partial charge in [0.2, 0.25) is 5.75 Å². The van der Waals surface area contributed by atoms with Gasteiger partial charge < -0.3 is 29.6 Å². The lowest BCUT2D eigenvalue weighted by atomic mass is 10.1.